The van der Waals surface area contributed by atoms with Gasteiger partial charge >= 0.3 is 6.18 Å². The third kappa shape index (κ3) is 7.70. The normalized spacial score (nSPS) is 11.5. The fourth-order valence-corrected chi connectivity index (χ4v) is 3.71. The van der Waals surface area contributed by atoms with Gasteiger partial charge in [-0.15, -0.1) is 10.2 Å². The highest BCUT2D eigenvalue weighted by Crippen LogP contribution is 2.34. The van der Waals surface area contributed by atoms with Crippen LogP contribution in [0, 0.1) is 0 Å². The highest BCUT2D eigenvalue weighted by molar-refractivity contribution is 7.99. The Morgan fingerprint density at radius 1 is 1.09 bits per heavy atom. The number of rotatable bonds is 9. The summed E-state index contributed by atoms with van der Waals surface area (Å²) < 4.78 is 49.5. The molecule has 1 N–H and O–H groups in total. The SMILES string of the molecule is O=C(CSc1nnc(CCCOc2ccc(Cl)cc2Cl)o1)Nc1cc(C(F)(F)F)ccc1Cl. The Kier molecular flexibility index (Phi) is 8.75. The van der Waals surface area contributed by atoms with Crippen molar-refractivity contribution in [3.63, 3.8) is 0 Å². The summed E-state index contributed by atoms with van der Waals surface area (Å²) in [5.74, 6) is 0.125. The van der Waals surface area contributed by atoms with Crippen molar-refractivity contribution >= 4 is 58.2 Å². The van der Waals surface area contributed by atoms with Crippen molar-refractivity contribution in [2.24, 2.45) is 0 Å². The summed E-state index contributed by atoms with van der Waals surface area (Å²) in [5.41, 5.74) is -1.05. The smallest absolute Gasteiger partial charge is 0.416 e. The molecule has 0 radical (unpaired) electrons. The molecule has 0 fully saturated rings. The number of ether oxygens (including phenoxy) is 1. The molecule has 0 aliphatic heterocycles. The molecule has 3 rings (SSSR count). The molecule has 0 atom stereocenters. The predicted octanol–water partition coefficient (Wildman–Crippen LogP) is 6.79. The van der Waals surface area contributed by atoms with E-state index in [1.165, 1.54) is 0 Å². The van der Waals surface area contributed by atoms with E-state index in [-0.39, 0.29) is 21.7 Å². The zero-order valence-electron chi connectivity index (χ0n) is 16.6. The average Bonchev–Trinajstić information content (AvgIpc) is 3.19. The summed E-state index contributed by atoms with van der Waals surface area (Å²) in [4.78, 5) is 12.1. The van der Waals surface area contributed by atoms with Gasteiger partial charge in [-0.2, -0.15) is 13.2 Å². The Balaban J connectivity index is 1.44. The van der Waals surface area contributed by atoms with Gasteiger partial charge in [-0.3, -0.25) is 4.79 Å². The molecule has 1 aromatic heterocycles. The van der Waals surface area contributed by atoms with E-state index in [1.54, 1.807) is 18.2 Å². The number of nitrogens with one attached hydrogen (secondary N) is 1. The van der Waals surface area contributed by atoms with Crippen molar-refractivity contribution in [1.29, 1.82) is 0 Å². The monoisotopic (exact) mass is 539 g/mol. The molecule has 3 aromatic rings. The largest absolute Gasteiger partial charge is 0.492 e. The molecule has 0 bridgehead atoms. The number of aryl methyl sites for hydroxylation is 1. The molecule has 1 amide bonds. The fourth-order valence-electron chi connectivity index (χ4n) is 2.51. The maximum Gasteiger partial charge on any atom is 0.416 e. The second-order valence-corrected chi connectivity index (χ2v) is 8.70. The van der Waals surface area contributed by atoms with Crippen molar-refractivity contribution < 1.29 is 27.1 Å². The number of benzene rings is 2. The zero-order chi connectivity index (χ0) is 24.0. The summed E-state index contributed by atoms with van der Waals surface area (Å²) in [6.45, 7) is 0.354. The van der Waals surface area contributed by atoms with Crippen LogP contribution in [0.5, 0.6) is 5.75 Å². The highest BCUT2D eigenvalue weighted by Gasteiger charge is 2.31. The number of carbonyl (C=O) groups excluding carboxylic acids is 1. The Hall–Kier alpha value is -2.14. The van der Waals surface area contributed by atoms with Crippen LogP contribution in [0.1, 0.15) is 17.9 Å². The van der Waals surface area contributed by atoms with Gasteiger partial charge in [0.25, 0.3) is 5.22 Å². The van der Waals surface area contributed by atoms with Crippen LogP contribution in [-0.2, 0) is 17.4 Å². The molecule has 6 nitrogen and oxygen atoms in total. The minimum atomic E-state index is -4.55. The van der Waals surface area contributed by atoms with Crippen molar-refractivity contribution in [3.8, 4) is 5.75 Å². The van der Waals surface area contributed by atoms with E-state index in [1.807, 2.05) is 0 Å². The van der Waals surface area contributed by atoms with E-state index in [0.717, 1.165) is 30.0 Å². The number of aromatic nitrogens is 2. The first kappa shape index (κ1) is 25.5. The lowest BCUT2D eigenvalue weighted by molar-refractivity contribution is -0.137. The second kappa shape index (κ2) is 11.3. The maximum atomic E-state index is 12.8. The molecular formula is C20H15Cl3F3N3O3S. The van der Waals surface area contributed by atoms with Gasteiger partial charge in [0.15, 0.2) is 0 Å². The van der Waals surface area contributed by atoms with E-state index in [4.69, 9.17) is 44.0 Å². The average molecular weight is 541 g/mol. The van der Waals surface area contributed by atoms with Crippen LogP contribution >= 0.6 is 46.6 Å². The van der Waals surface area contributed by atoms with E-state index < -0.39 is 17.6 Å². The van der Waals surface area contributed by atoms with Crippen molar-refractivity contribution in [1.82, 2.24) is 10.2 Å². The summed E-state index contributed by atoms with van der Waals surface area (Å²) in [7, 11) is 0. The minimum Gasteiger partial charge on any atom is -0.492 e. The molecule has 1 heterocycles. The Bertz CT molecular complexity index is 1130. The first-order valence-corrected chi connectivity index (χ1v) is 11.4. The summed E-state index contributed by atoms with van der Waals surface area (Å²) in [6, 6.07) is 7.60. The standard InChI is InChI=1S/C20H15Cl3F3N3O3S/c21-12-4-6-16(14(23)9-12)31-7-1-2-18-28-29-19(32-18)33-10-17(30)27-15-8-11(20(24,25)26)3-5-13(15)22/h3-6,8-9H,1-2,7,10H2,(H,27,30). The second-order valence-electron chi connectivity index (χ2n) is 6.52. The zero-order valence-corrected chi connectivity index (χ0v) is 19.7. The molecule has 0 saturated carbocycles. The van der Waals surface area contributed by atoms with Gasteiger partial charge < -0.3 is 14.5 Å². The predicted molar refractivity (Wildman–Crippen MR) is 120 cm³/mol. The molecule has 176 valence electrons. The first-order chi connectivity index (χ1) is 15.6. The number of hydrogen-bond acceptors (Lipinski definition) is 6. The van der Waals surface area contributed by atoms with Gasteiger partial charge in [0.2, 0.25) is 11.8 Å². The number of alkyl halides is 3. The van der Waals surface area contributed by atoms with E-state index in [2.05, 4.69) is 15.5 Å². The number of halogens is 6. The number of nitrogens with zero attached hydrogens (tertiary/aromatic N) is 2. The van der Waals surface area contributed by atoms with Crippen LogP contribution in [0.25, 0.3) is 0 Å². The summed E-state index contributed by atoms with van der Waals surface area (Å²) >= 11 is 18.7. The minimum absolute atomic E-state index is 0.0106. The molecular weight excluding hydrogens is 526 g/mol. The third-order valence-corrected chi connectivity index (χ3v) is 5.71. The lowest BCUT2D eigenvalue weighted by atomic mass is 10.2. The fraction of sp³-hybridized carbons (Fsp3) is 0.250. The molecule has 0 aliphatic carbocycles. The van der Waals surface area contributed by atoms with Gasteiger partial charge in [-0.05, 0) is 42.8 Å². The Morgan fingerprint density at radius 3 is 2.61 bits per heavy atom. The van der Waals surface area contributed by atoms with Crippen molar-refractivity contribution in [2.45, 2.75) is 24.2 Å². The third-order valence-electron chi connectivity index (χ3n) is 4.03. The summed E-state index contributed by atoms with van der Waals surface area (Å²) in [5, 5.41) is 11.1. The van der Waals surface area contributed by atoms with Crippen LogP contribution < -0.4 is 10.1 Å². The molecule has 0 spiro atoms. The number of carbonyl (C=O) groups is 1. The van der Waals surface area contributed by atoms with E-state index in [9.17, 15) is 18.0 Å². The van der Waals surface area contributed by atoms with Gasteiger partial charge in [-0.1, -0.05) is 46.6 Å². The van der Waals surface area contributed by atoms with E-state index >= 15 is 0 Å². The molecule has 0 saturated heterocycles. The molecule has 0 aliphatic rings. The molecule has 2 aromatic carbocycles. The van der Waals surface area contributed by atoms with Crippen molar-refractivity contribution in [3.05, 3.63) is 62.9 Å². The van der Waals surface area contributed by atoms with Crippen LogP contribution in [0.4, 0.5) is 18.9 Å². The number of amides is 1. The number of thioether (sulfide) groups is 1. The van der Waals surface area contributed by atoms with Crippen LogP contribution in [0.3, 0.4) is 0 Å². The summed E-state index contributed by atoms with van der Waals surface area (Å²) in [6.07, 6.45) is -3.55. The van der Waals surface area contributed by atoms with Crippen LogP contribution in [-0.4, -0.2) is 28.5 Å². The number of anilines is 1. The van der Waals surface area contributed by atoms with Gasteiger partial charge in [0, 0.05) is 11.4 Å². The Labute approximate surface area is 205 Å². The van der Waals surface area contributed by atoms with Crippen LogP contribution in [0.2, 0.25) is 15.1 Å². The lowest BCUT2D eigenvalue weighted by Crippen LogP contribution is -2.15. The van der Waals surface area contributed by atoms with Crippen molar-refractivity contribution in [2.75, 3.05) is 17.7 Å². The molecule has 13 heteroatoms. The lowest BCUT2D eigenvalue weighted by Gasteiger charge is -2.11. The number of hydrogen-bond donors (Lipinski definition) is 1. The molecule has 0 unspecified atom stereocenters. The first-order valence-electron chi connectivity index (χ1n) is 9.31. The van der Waals surface area contributed by atoms with Crippen LogP contribution in [0.15, 0.2) is 46.0 Å². The Morgan fingerprint density at radius 2 is 1.88 bits per heavy atom. The molecule has 33 heavy (non-hydrogen) atoms. The maximum absolute atomic E-state index is 12.8. The van der Waals surface area contributed by atoms with Gasteiger partial charge in [0.1, 0.15) is 5.75 Å². The van der Waals surface area contributed by atoms with E-state index in [0.29, 0.717) is 41.1 Å². The van der Waals surface area contributed by atoms with Gasteiger partial charge in [-0.25, -0.2) is 0 Å². The van der Waals surface area contributed by atoms with Gasteiger partial charge in [0.05, 0.1) is 33.7 Å². The quantitative estimate of drug-likeness (QED) is 0.238. The highest BCUT2D eigenvalue weighted by atomic mass is 35.5. The topological polar surface area (TPSA) is 77.2 Å².